The van der Waals surface area contributed by atoms with Gasteiger partial charge in [-0.05, 0) is 55.9 Å². The first-order chi connectivity index (χ1) is 13.9. The molecule has 1 fully saturated rings. The summed E-state index contributed by atoms with van der Waals surface area (Å²) in [6.45, 7) is 8.20. The van der Waals surface area contributed by atoms with Crippen molar-refractivity contribution < 1.29 is 4.79 Å². The van der Waals surface area contributed by atoms with Gasteiger partial charge in [-0.25, -0.2) is 0 Å². The summed E-state index contributed by atoms with van der Waals surface area (Å²) in [5.74, 6) is -0.00292. The van der Waals surface area contributed by atoms with Crippen LogP contribution < -0.4 is 10.6 Å². The van der Waals surface area contributed by atoms with E-state index in [-0.39, 0.29) is 5.91 Å². The molecule has 0 aliphatic carbocycles. The minimum absolute atomic E-state index is 0.00292. The standard InChI is InChI=1S/C22H29N5OS/c1-4-9-27(22(23)29)20-14-17(6-5-16(20)2)18-7-8-19(24-15-18)21(28)26-12-10-25(3)11-13-26/h5-8,14-15H,4,9-13H2,1-3H3,(H2,23,29). The van der Waals surface area contributed by atoms with Gasteiger partial charge in [0.2, 0.25) is 0 Å². The van der Waals surface area contributed by atoms with Gasteiger partial charge in [-0.15, -0.1) is 0 Å². The van der Waals surface area contributed by atoms with Gasteiger partial charge in [-0.1, -0.05) is 25.1 Å². The highest BCUT2D eigenvalue weighted by molar-refractivity contribution is 7.80. The number of rotatable bonds is 5. The van der Waals surface area contributed by atoms with E-state index < -0.39 is 0 Å². The predicted octanol–water partition coefficient (Wildman–Crippen LogP) is 2.90. The number of thiocarbonyl (C=S) groups is 1. The molecule has 1 aromatic heterocycles. The van der Waals surface area contributed by atoms with Gasteiger partial charge in [-0.2, -0.15) is 0 Å². The van der Waals surface area contributed by atoms with Gasteiger partial charge in [0.25, 0.3) is 5.91 Å². The number of aromatic nitrogens is 1. The van der Waals surface area contributed by atoms with Crippen molar-refractivity contribution >= 4 is 28.9 Å². The van der Waals surface area contributed by atoms with Crippen LogP contribution in [0.5, 0.6) is 0 Å². The van der Waals surface area contributed by atoms with Gasteiger partial charge in [0.15, 0.2) is 5.11 Å². The van der Waals surface area contributed by atoms with E-state index in [1.54, 1.807) is 6.20 Å². The van der Waals surface area contributed by atoms with Crippen molar-refractivity contribution in [1.82, 2.24) is 14.8 Å². The fraction of sp³-hybridized carbons (Fsp3) is 0.409. The number of likely N-dealkylation sites (N-methyl/N-ethyl adjacent to an activating group) is 1. The number of piperazine rings is 1. The van der Waals surface area contributed by atoms with Crippen molar-refractivity contribution in [2.24, 2.45) is 5.73 Å². The van der Waals surface area contributed by atoms with E-state index in [1.807, 2.05) is 21.9 Å². The van der Waals surface area contributed by atoms with Crippen LogP contribution in [-0.4, -0.2) is 65.6 Å². The van der Waals surface area contributed by atoms with E-state index in [9.17, 15) is 4.79 Å². The average Bonchev–Trinajstić information content (AvgIpc) is 2.73. The van der Waals surface area contributed by atoms with Crippen molar-refractivity contribution in [3.8, 4) is 11.1 Å². The van der Waals surface area contributed by atoms with Crippen LogP contribution in [0.4, 0.5) is 5.69 Å². The molecule has 29 heavy (non-hydrogen) atoms. The largest absolute Gasteiger partial charge is 0.376 e. The fourth-order valence-corrected chi connectivity index (χ4v) is 3.71. The Kier molecular flexibility index (Phi) is 6.82. The molecular formula is C22H29N5OS. The molecule has 1 amide bonds. The third-order valence-electron chi connectivity index (χ3n) is 5.32. The number of carbonyl (C=O) groups excluding carboxylic acids is 1. The molecule has 2 aromatic rings. The average molecular weight is 412 g/mol. The number of carbonyl (C=O) groups is 1. The summed E-state index contributed by atoms with van der Waals surface area (Å²) in [4.78, 5) is 23.2. The molecule has 1 aromatic carbocycles. The van der Waals surface area contributed by atoms with Crippen molar-refractivity contribution in [3.05, 3.63) is 47.8 Å². The first kappa shape index (κ1) is 21.2. The molecule has 0 saturated carbocycles. The van der Waals surface area contributed by atoms with Crippen LogP contribution in [0.15, 0.2) is 36.5 Å². The number of pyridine rings is 1. The minimum Gasteiger partial charge on any atom is -0.376 e. The molecule has 1 aliphatic heterocycles. The Morgan fingerprint density at radius 1 is 1.17 bits per heavy atom. The van der Waals surface area contributed by atoms with E-state index in [0.717, 1.165) is 61.5 Å². The Hall–Kier alpha value is -2.51. The van der Waals surface area contributed by atoms with Crippen molar-refractivity contribution in [3.63, 3.8) is 0 Å². The summed E-state index contributed by atoms with van der Waals surface area (Å²) in [7, 11) is 2.07. The van der Waals surface area contributed by atoms with Crippen LogP contribution >= 0.6 is 12.2 Å². The normalized spacial score (nSPS) is 14.7. The number of hydrogen-bond acceptors (Lipinski definition) is 4. The molecule has 6 nitrogen and oxygen atoms in total. The van der Waals surface area contributed by atoms with Crippen LogP contribution in [0, 0.1) is 6.92 Å². The lowest BCUT2D eigenvalue weighted by molar-refractivity contribution is 0.0658. The maximum atomic E-state index is 12.7. The Bertz CT molecular complexity index is 875. The van der Waals surface area contributed by atoms with Crippen LogP contribution in [0.1, 0.15) is 29.4 Å². The smallest absolute Gasteiger partial charge is 0.272 e. The maximum Gasteiger partial charge on any atom is 0.272 e. The summed E-state index contributed by atoms with van der Waals surface area (Å²) < 4.78 is 0. The molecule has 154 valence electrons. The van der Waals surface area contributed by atoms with Crippen LogP contribution in [-0.2, 0) is 0 Å². The van der Waals surface area contributed by atoms with Gasteiger partial charge in [0.05, 0.1) is 0 Å². The maximum absolute atomic E-state index is 12.7. The molecule has 0 unspecified atom stereocenters. The van der Waals surface area contributed by atoms with Crippen LogP contribution in [0.3, 0.4) is 0 Å². The molecule has 2 heterocycles. The number of aryl methyl sites for hydroxylation is 1. The highest BCUT2D eigenvalue weighted by atomic mass is 32.1. The number of nitrogens with two attached hydrogens (primary N) is 1. The Labute approximate surface area is 178 Å². The third-order valence-corrected chi connectivity index (χ3v) is 5.54. The second-order valence-electron chi connectivity index (χ2n) is 7.52. The molecule has 1 aliphatic rings. The molecule has 7 heteroatoms. The Morgan fingerprint density at radius 3 is 2.45 bits per heavy atom. The van der Waals surface area contributed by atoms with E-state index in [0.29, 0.717) is 10.8 Å². The van der Waals surface area contributed by atoms with Crippen molar-refractivity contribution in [1.29, 1.82) is 0 Å². The number of amides is 1. The SMILES string of the molecule is CCCN(C(N)=S)c1cc(-c2ccc(C(=O)N3CCN(C)CC3)nc2)ccc1C. The number of benzene rings is 1. The Morgan fingerprint density at radius 2 is 1.86 bits per heavy atom. The quantitative estimate of drug-likeness (QED) is 0.763. The monoisotopic (exact) mass is 411 g/mol. The molecule has 0 bridgehead atoms. The minimum atomic E-state index is -0.00292. The second kappa shape index (κ2) is 9.33. The van der Waals surface area contributed by atoms with E-state index in [1.165, 1.54) is 0 Å². The molecule has 1 saturated heterocycles. The number of hydrogen-bond donors (Lipinski definition) is 1. The van der Waals surface area contributed by atoms with Crippen molar-refractivity contribution in [2.75, 3.05) is 44.7 Å². The fourth-order valence-electron chi connectivity index (χ4n) is 3.52. The van der Waals surface area contributed by atoms with Gasteiger partial charge in [0.1, 0.15) is 5.69 Å². The van der Waals surface area contributed by atoms with Gasteiger partial charge in [0, 0.05) is 50.2 Å². The second-order valence-corrected chi connectivity index (χ2v) is 7.94. The van der Waals surface area contributed by atoms with Crippen LogP contribution in [0.25, 0.3) is 11.1 Å². The van der Waals surface area contributed by atoms with E-state index >= 15 is 0 Å². The van der Waals surface area contributed by atoms with Crippen molar-refractivity contribution in [2.45, 2.75) is 20.3 Å². The highest BCUT2D eigenvalue weighted by Gasteiger charge is 2.21. The van der Waals surface area contributed by atoms with E-state index in [2.05, 4.69) is 49.0 Å². The topological polar surface area (TPSA) is 65.7 Å². The lowest BCUT2D eigenvalue weighted by Crippen LogP contribution is -2.47. The van der Waals surface area contributed by atoms with Crippen LogP contribution in [0.2, 0.25) is 0 Å². The first-order valence-electron chi connectivity index (χ1n) is 10.0. The molecule has 0 atom stereocenters. The molecule has 0 spiro atoms. The lowest BCUT2D eigenvalue weighted by Gasteiger charge is -2.32. The predicted molar refractivity (Wildman–Crippen MR) is 122 cm³/mol. The number of nitrogens with zero attached hydrogens (tertiary/aromatic N) is 4. The third kappa shape index (κ3) is 4.92. The number of anilines is 1. The van der Waals surface area contributed by atoms with Gasteiger partial charge < -0.3 is 20.4 Å². The summed E-state index contributed by atoms with van der Waals surface area (Å²) in [5, 5.41) is 0.373. The summed E-state index contributed by atoms with van der Waals surface area (Å²) >= 11 is 5.25. The molecule has 2 N–H and O–H groups in total. The molecule has 3 rings (SSSR count). The summed E-state index contributed by atoms with van der Waals surface area (Å²) in [6.07, 6.45) is 2.72. The molecular weight excluding hydrogens is 382 g/mol. The van der Waals surface area contributed by atoms with Gasteiger partial charge in [-0.3, -0.25) is 9.78 Å². The van der Waals surface area contributed by atoms with Gasteiger partial charge >= 0.3 is 0 Å². The summed E-state index contributed by atoms with van der Waals surface area (Å²) in [6, 6.07) is 9.97. The molecule has 0 radical (unpaired) electrons. The van der Waals surface area contributed by atoms with E-state index in [4.69, 9.17) is 18.0 Å². The zero-order valence-corrected chi connectivity index (χ0v) is 18.2. The lowest BCUT2D eigenvalue weighted by atomic mass is 10.0. The Balaban J connectivity index is 1.82. The first-order valence-corrected chi connectivity index (χ1v) is 10.4. The summed E-state index contributed by atoms with van der Waals surface area (Å²) in [5.41, 5.74) is 10.5. The zero-order valence-electron chi connectivity index (χ0n) is 17.4. The zero-order chi connectivity index (χ0) is 21.0. The highest BCUT2D eigenvalue weighted by Crippen LogP contribution is 2.28.